The first-order valence-electron chi connectivity index (χ1n) is 6.73. The second-order valence-corrected chi connectivity index (χ2v) is 6.08. The van der Waals surface area contributed by atoms with Crippen LogP contribution in [-0.2, 0) is 0 Å². The third kappa shape index (κ3) is 4.04. The first kappa shape index (κ1) is 17.1. The number of nitrogens with two attached hydrogens (primary N) is 1. The van der Waals surface area contributed by atoms with E-state index in [2.05, 4.69) is 29.4 Å². The van der Waals surface area contributed by atoms with E-state index in [9.17, 15) is 4.79 Å². The molecule has 5 nitrogen and oxygen atoms in total. The molecule has 0 spiro atoms. The molecule has 0 bridgehead atoms. The molecule has 1 aromatic rings. The third-order valence-corrected chi connectivity index (χ3v) is 5.27. The highest BCUT2D eigenvalue weighted by atomic mass is 32.2. The van der Waals surface area contributed by atoms with Crippen molar-refractivity contribution in [1.82, 2.24) is 10.2 Å². The number of carbonyl (C=O) groups excluding carboxylic acids is 1. The summed E-state index contributed by atoms with van der Waals surface area (Å²) in [6, 6.07) is 0. The van der Waals surface area contributed by atoms with E-state index in [1.165, 1.54) is 11.3 Å². The third-order valence-electron chi connectivity index (χ3n) is 3.15. The number of likely N-dealkylation sites (N-methyl/N-ethyl adjacent to an activating group) is 1. The van der Waals surface area contributed by atoms with E-state index in [-0.39, 0.29) is 5.91 Å². The topological polar surface area (TPSA) is 70.4 Å². The summed E-state index contributed by atoms with van der Waals surface area (Å²) in [5.74, 6) is -0.125. The molecule has 114 valence electrons. The minimum atomic E-state index is -0.125. The molecule has 0 saturated carbocycles. The van der Waals surface area contributed by atoms with E-state index in [4.69, 9.17) is 5.73 Å². The number of anilines is 2. The smallest absolute Gasteiger partial charge is 0.263 e. The van der Waals surface area contributed by atoms with Gasteiger partial charge in [0.2, 0.25) is 0 Å². The van der Waals surface area contributed by atoms with Crippen LogP contribution in [0.1, 0.15) is 23.5 Å². The number of nitrogens with zero attached hydrogens (tertiary/aromatic N) is 1. The Morgan fingerprint density at radius 3 is 2.55 bits per heavy atom. The number of carbonyl (C=O) groups is 1. The minimum Gasteiger partial charge on any atom is -0.396 e. The maximum absolute atomic E-state index is 11.8. The highest BCUT2D eigenvalue weighted by Crippen LogP contribution is 2.41. The predicted molar refractivity (Wildman–Crippen MR) is 90.2 cm³/mol. The highest BCUT2D eigenvalue weighted by Gasteiger charge is 2.19. The van der Waals surface area contributed by atoms with Gasteiger partial charge in [0.1, 0.15) is 9.88 Å². The number of hydrogen-bond donors (Lipinski definition) is 3. The maximum Gasteiger partial charge on any atom is 0.263 e. The van der Waals surface area contributed by atoms with Crippen LogP contribution >= 0.6 is 23.1 Å². The lowest BCUT2D eigenvalue weighted by Crippen LogP contribution is -2.28. The van der Waals surface area contributed by atoms with Crippen LogP contribution < -0.4 is 16.4 Å². The van der Waals surface area contributed by atoms with Crippen LogP contribution in [0.2, 0.25) is 0 Å². The van der Waals surface area contributed by atoms with Crippen LogP contribution in [0.5, 0.6) is 0 Å². The van der Waals surface area contributed by atoms with Gasteiger partial charge in [-0.3, -0.25) is 4.79 Å². The van der Waals surface area contributed by atoms with Crippen LogP contribution in [0.25, 0.3) is 0 Å². The molecule has 1 rings (SSSR count). The summed E-state index contributed by atoms with van der Waals surface area (Å²) in [7, 11) is 1.62. The summed E-state index contributed by atoms with van der Waals surface area (Å²) in [6.07, 6.45) is 1.97. The minimum absolute atomic E-state index is 0.125. The van der Waals surface area contributed by atoms with Crippen LogP contribution in [0.4, 0.5) is 10.7 Å². The summed E-state index contributed by atoms with van der Waals surface area (Å²) in [5, 5.41) is 7.01. The van der Waals surface area contributed by atoms with Crippen molar-refractivity contribution in [3.05, 3.63) is 4.88 Å². The summed E-state index contributed by atoms with van der Waals surface area (Å²) in [6.45, 7) is 8.23. The second-order valence-electron chi connectivity index (χ2n) is 4.24. The quantitative estimate of drug-likeness (QED) is 0.641. The van der Waals surface area contributed by atoms with Gasteiger partial charge in [-0.1, -0.05) is 13.8 Å². The number of rotatable bonds is 8. The van der Waals surface area contributed by atoms with Gasteiger partial charge in [-0.25, -0.2) is 0 Å². The molecule has 20 heavy (non-hydrogen) atoms. The highest BCUT2D eigenvalue weighted by molar-refractivity contribution is 7.99. The van der Waals surface area contributed by atoms with Gasteiger partial charge >= 0.3 is 0 Å². The summed E-state index contributed by atoms with van der Waals surface area (Å²) in [5.41, 5.74) is 6.63. The molecule has 7 heteroatoms. The van der Waals surface area contributed by atoms with Crippen LogP contribution in [0.15, 0.2) is 4.90 Å². The van der Waals surface area contributed by atoms with Crippen molar-refractivity contribution in [2.24, 2.45) is 0 Å². The van der Waals surface area contributed by atoms with Gasteiger partial charge in [0, 0.05) is 20.1 Å². The van der Waals surface area contributed by atoms with E-state index in [1.54, 1.807) is 18.8 Å². The molecule has 0 radical (unpaired) electrons. The summed E-state index contributed by atoms with van der Waals surface area (Å²) in [4.78, 5) is 15.7. The number of thiophene rings is 1. The number of nitrogen functional groups attached to an aromatic ring is 1. The van der Waals surface area contributed by atoms with Gasteiger partial charge in [-0.2, -0.15) is 0 Å². The predicted octanol–water partition coefficient (Wildman–Crippen LogP) is 2.17. The first-order valence-corrected chi connectivity index (χ1v) is 8.77. The Labute approximate surface area is 129 Å². The average molecular weight is 316 g/mol. The largest absolute Gasteiger partial charge is 0.396 e. The summed E-state index contributed by atoms with van der Waals surface area (Å²) < 4.78 is 0. The van der Waals surface area contributed by atoms with E-state index in [0.29, 0.717) is 10.6 Å². The van der Waals surface area contributed by atoms with E-state index in [0.717, 1.165) is 36.1 Å². The van der Waals surface area contributed by atoms with Crippen molar-refractivity contribution >= 4 is 39.7 Å². The van der Waals surface area contributed by atoms with Gasteiger partial charge in [-0.15, -0.1) is 23.1 Å². The zero-order valence-corrected chi connectivity index (χ0v) is 14.2. The fourth-order valence-electron chi connectivity index (χ4n) is 1.90. The standard InChI is InChI=1S/C13H24N4OS2/c1-5-17(6-2)8-7-16-13-11(19-4)9(14)10(20-13)12(18)15-3/h16H,5-8,14H2,1-4H3,(H,15,18). The Hall–Kier alpha value is -0.920. The molecule has 0 saturated heterocycles. The van der Waals surface area contributed by atoms with E-state index >= 15 is 0 Å². The molecule has 1 heterocycles. The molecule has 0 atom stereocenters. The monoisotopic (exact) mass is 316 g/mol. The Kier molecular flexibility index (Phi) is 7.18. The van der Waals surface area contributed by atoms with Crippen LogP contribution in [0, 0.1) is 0 Å². The van der Waals surface area contributed by atoms with Crippen molar-refractivity contribution in [1.29, 1.82) is 0 Å². The summed E-state index contributed by atoms with van der Waals surface area (Å²) >= 11 is 2.99. The SMILES string of the molecule is CCN(CC)CCNc1sc(C(=O)NC)c(N)c1SC. The van der Waals surface area contributed by atoms with Crippen molar-refractivity contribution in [3.63, 3.8) is 0 Å². The lowest BCUT2D eigenvalue weighted by molar-refractivity contribution is 0.0968. The van der Waals surface area contributed by atoms with Crippen molar-refractivity contribution < 1.29 is 4.79 Å². The van der Waals surface area contributed by atoms with Gasteiger partial charge in [-0.05, 0) is 19.3 Å². The number of thioether (sulfide) groups is 1. The molecule has 0 aliphatic rings. The molecule has 0 aromatic carbocycles. The molecule has 0 aliphatic carbocycles. The Bertz CT molecular complexity index is 444. The average Bonchev–Trinajstić information content (AvgIpc) is 2.79. The molecular formula is C13H24N4OS2. The van der Waals surface area contributed by atoms with Crippen LogP contribution in [0.3, 0.4) is 0 Å². The maximum atomic E-state index is 11.8. The van der Waals surface area contributed by atoms with Gasteiger partial charge in [0.05, 0.1) is 10.6 Å². The van der Waals surface area contributed by atoms with Crippen molar-refractivity contribution in [2.75, 3.05) is 50.5 Å². The van der Waals surface area contributed by atoms with Crippen molar-refractivity contribution in [3.8, 4) is 0 Å². The molecule has 1 amide bonds. The lowest BCUT2D eigenvalue weighted by atomic mass is 10.3. The van der Waals surface area contributed by atoms with Crippen molar-refractivity contribution in [2.45, 2.75) is 18.7 Å². The molecule has 4 N–H and O–H groups in total. The number of hydrogen-bond acceptors (Lipinski definition) is 6. The van der Waals surface area contributed by atoms with Gasteiger partial charge in [0.15, 0.2) is 0 Å². The van der Waals surface area contributed by atoms with E-state index < -0.39 is 0 Å². The van der Waals surface area contributed by atoms with Crippen LogP contribution in [-0.4, -0.2) is 50.3 Å². The zero-order valence-electron chi connectivity index (χ0n) is 12.6. The zero-order chi connectivity index (χ0) is 15.1. The molecule has 0 fully saturated rings. The Morgan fingerprint density at radius 2 is 2.05 bits per heavy atom. The molecule has 1 aromatic heterocycles. The van der Waals surface area contributed by atoms with E-state index in [1.807, 2.05) is 6.26 Å². The molecular weight excluding hydrogens is 292 g/mol. The first-order chi connectivity index (χ1) is 9.58. The molecule has 0 unspecified atom stereocenters. The second kappa shape index (κ2) is 8.39. The lowest BCUT2D eigenvalue weighted by Gasteiger charge is -2.18. The number of nitrogens with one attached hydrogen (secondary N) is 2. The fourth-order valence-corrected chi connectivity index (χ4v) is 3.90. The van der Waals surface area contributed by atoms with Gasteiger partial charge in [0.25, 0.3) is 5.91 Å². The number of amides is 1. The fraction of sp³-hybridized carbons (Fsp3) is 0.615. The molecule has 0 aliphatic heterocycles. The Balaban J connectivity index is 2.77. The Morgan fingerprint density at radius 1 is 1.40 bits per heavy atom. The normalized spacial score (nSPS) is 10.8. The van der Waals surface area contributed by atoms with Gasteiger partial charge < -0.3 is 21.3 Å².